The van der Waals surface area contributed by atoms with E-state index in [0.29, 0.717) is 42.6 Å². The van der Waals surface area contributed by atoms with E-state index in [1.165, 1.54) is 5.56 Å². The van der Waals surface area contributed by atoms with Gasteiger partial charge in [-0.1, -0.05) is 89.6 Å². The van der Waals surface area contributed by atoms with Crippen molar-refractivity contribution in [1.82, 2.24) is 19.5 Å². The Bertz CT molecular complexity index is 1650. The molecule has 0 unspecified atom stereocenters. The summed E-state index contributed by atoms with van der Waals surface area (Å²) in [7, 11) is -4.12. The van der Waals surface area contributed by atoms with Gasteiger partial charge in [-0.2, -0.15) is 9.97 Å². The van der Waals surface area contributed by atoms with Crippen molar-refractivity contribution in [2.45, 2.75) is 116 Å². The van der Waals surface area contributed by atoms with Crippen molar-refractivity contribution >= 4 is 39.4 Å². The first-order chi connectivity index (χ1) is 21.9. The summed E-state index contributed by atoms with van der Waals surface area (Å²) in [5, 5.41) is 3.52. The number of ether oxygens (including phenoxy) is 2. The van der Waals surface area contributed by atoms with Gasteiger partial charge in [0.15, 0.2) is 27.8 Å². The van der Waals surface area contributed by atoms with E-state index in [-0.39, 0.29) is 28.5 Å². The molecule has 2 aromatic heterocycles. The van der Waals surface area contributed by atoms with Gasteiger partial charge in [-0.3, -0.25) is 4.57 Å². The standard InChI is InChI=1S/C36H53N5O4Si2/c1-25-17-19-27(20-18-25)38-34-39-32-31(33(40-34)42-22-26-15-13-12-14-16-26)37-24-41(32)30-21-28(45-47(10,11)36(5,6)7)29(44-30)23-43-46(8,9)35(2,3)4/h12-20,24,28-30H,21-23H2,1-11H3,(H,38,39,40)/t28-,29+,30+/m0/s1. The zero-order valence-corrected chi connectivity index (χ0v) is 32.0. The van der Waals surface area contributed by atoms with Gasteiger partial charge in [0, 0.05) is 12.1 Å². The van der Waals surface area contributed by atoms with Gasteiger partial charge >= 0.3 is 0 Å². The number of nitrogens with zero attached hydrogens (tertiary/aromatic N) is 4. The molecular weight excluding hydrogens is 623 g/mol. The summed E-state index contributed by atoms with van der Waals surface area (Å²) >= 11 is 0. The number of benzene rings is 2. The Labute approximate surface area is 282 Å². The van der Waals surface area contributed by atoms with Crippen LogP contribution in [0.2, 0.25) is 36.3 Å². The molecule has 1 fully saturated rings. The van der Waals surface area contributed by atoms with Crippen LogP contribution < -0.4 is 10.1 Å². The molecule has 0 saturated carbocycles. The second-order valence-electron chi connectivity index (χ2n) is 15.8. The molecule has 0 radical (unpaired) electrons. The smallest absolute Gasteiger partial charge is 0.247 e. The molecule has 4 aromatic rings. The first kappa shape index (κ1) is 35.2. The molecule has 5 rings (SSSR count). The lowest BCUT2D eigenvalue weighted by atomic mass is 10.2. The molecule has 0 amide bonds. The number of imidazole rings is 1. The van der Waals surface area contributed by atoms with Crippen molar-refractivity contribution in [1.29, 1.82) is 0 Å². The predicted octanol–water partition coefficient (Wildman–Crippen LogP) is 9.16. The van der Waals surface area contributed by atoms with Crippen LogP contribution in [0.5, 0.6) is 5.88 Å². The van der Waals surface area contributed by atoms with Gasteiger partial charge in [0.05, 0.1) is 19.0 Å². The van der Waals surface area contributed by atoms with Crippen molar-refractivity contribution in [3.8, 4) is 5.88 Å². The average molecular weight is 676 g/mol. The largest absolute Gasteiger partial charge is 0.471 e. The molecule has 1 N–H and O–H groups in total. The molecule has 1 saturated heterocycles. The summed E-state index contributed by atoms with van der Waals surface area (Å²) in [5.41, 5.74) is 4.33. The minimum atomic E-state index is -2.10. The van der Waals surface area contributed by atoms with Gasteiger partial charge < -0.3 is 23.6 Å². The Balaban J connectivity index is 1.49. The molecular formula is C36H53N5O4Si2. The number of aromatic nitrogens is 4. The highest BCUT2D eigenvalue weighted by Crippen LogP contribution is 2.43. The summed E-state index contributed by atoms with van der Waals surface area (Å²) in [5.74, 6) is 0.841. The number of hydrogen-bond donors (Lipinski definition) is 1. The zero-order chi connectivity index (χ0) is 34.2. The molecule has 1 aliphatic rings. The number of rotatable bonds is 11. The molecule has 2 aromatic carbocycles. The fraction of sp³-hybridized carbons (Fsp3) is 0.528. The normalized spacial score (nSPS) is 19.3. The van der Waals surface area contributed by atoms with E-state index in [9.17, 15) is 0 Å². The highest BCUT2D eigenvalue weighted by atomic mass is 28.4. The molecule has 47 heavy (non-hydrogen) atoms. The molecule has 3 heterocycles. The van der Waals surface area contributed by atoms with Crippen molar-refractivity contribution in [2.75, 3.05) is 11.9 Å². The van der Waals surface area contributed by atoms with Crippen LogP contribution in [-0.2, 0) is 20.2 Å². The predicted molar refractivity (Wildman–Crippen MR) is 194 cm³/mol. The molecule has 9 nitrogen and oxygen atoms in total. The minimum Gasteiger partial charge on any atom is -0.471 e. The number of anilines is 2. The molecule has 11 heteroatoms. The van der Waals surface area contributed by atoms with Crippen LogP contribution in [0.3, 0.4) is 0 Å². The first-order valence-electron chi connectivity index (χ1n) is 16.7. The molecule has 0 spiro atoms. The fourth-order valence-electron chi connectivity index (χ4n) is 4.96. The maximum atomic E-state index is 7.04. The van der Waals surface area contributed by atoms with Gasteiger partial charge in [-0.15, -0.1) is 0 Å². The van der Waals surface area contributed by atoms with Crippen LogP contribution in [0.25, 0.3) is 11.2 Å². The van der Waals surface area contributed by atoms with Gasteiger partial charge in [0.25, 0.3) is 0 Å². The highest BCUT2D eigenvalue weighted by Gasteiger charge is 2.47. The van der Waals surface area contributed by atoms with E-state index in [4.69, 9.17) is 33.3 Å². The molecule has 254 valence electrons. The van der Waals surface area contributed by atoms with Crippen molar-refractivity contribution in [2.24, 2.45) is 0 Å². The second-order valence-corrected chi connectivity index (χ2v) is 25.4. The lowest BCUT2D eigenvalue weighted by molar-refractivity contribution is -0.0383. The Morgan fingerprint density at radius 2 is 1.55 bits per heavy atom. The van der Waals surface area contributed by atoms with E-state index < -0.39 is 16.6 Å². The molecule has 0 bridgehead atoms. The van der Waals surface area contributed by atoms with E-state index in [1.54, 1.807) is 6.33 Å². The van der Waals surface area contributed by atoms with Gasteiger partial charge in [0.2, 0.25) is 11.8 Å². The van der Waals surface area contributed by atoms with E-state index in [1.807, 2.05) is 47.0 Å². The second kappa shape index (κ2) is 13.4. The Morgan fingerprint density at radius 3 is 2.19 bits per heavy atom. The number of nitrogens with one attached hydrogen (secondary N) is 1. The summed E-state index contributed by atoms with van der Waals surface area (Å²) < 4.78 is 28.9. The van der Waals surface area contributed by atoms with Crippen molar-refractivity contribution < 1.29 is 18.3 Å². The van der Waals surface area contributed by atoms with Gasteiger partial charge in [0.1, 0.15) is 18.9 Å². The minimum absolute atomic E-state index is 0.0619. The Morgan fingerprint density at radius 1 is 0.894 bits per heavy atom. The van der Waals surface area contributed by atoms with Crippen LogP contribution in [0.4, 0.5) is 11.6 Å². The Hall–Kier alpha value is -3.10. The van der Waals surface area contributed by atoms with Crippen molar-refractivity contribution in [3.63, 3.8) is 0 Å². The SMILES string of the molecule is Cc1ccc(Nc2nc(OCc3ccccc3)c3ncn([C@H]4C[C@H](O[Si](C)(C)C(C)(C)C)[C@@H](CO[Si](C)(C)C(C)(C)C)O4)c3n2)cc1. The van der Waals surface area contributed by atoms with E-state index in [0.717, 1.165) is 11.3 Å². The molecule has 3 atom stereocenters. The average Bonchev–Trinajstić information content (AvgIpc) is 3.59. The Kier molecular flexibility index (Phi) is 10.1. The molecule has 1 aliphatic heterocycles. The van der Waals surface area contributed by atoms with Crippen LogP contribution in [0.15, 0.2) is 60.9 Å². The summed E-state index contributed by atoms with van der Waals surface area (Å²) in [6.45, 7) is 25.7. The molecule has 0 aliphatic carbocycles. The maximum Gasteiger partial charge on any atom is 0.247 e. The third-order valence-corrected chi connectivity index (χ3v) is 19.1. The van der Waals surface area contributed by atoms with Crippen LogP contribution >= 0.6 is 0 Å². The topological polar surface area (TPSA) is 92.6 Å². The van der Waals surface area contributed by atoms with Gasteiger partial charge in [-0.05, 0) is 60.9 Å². The highest BCUT2D eigenvalue weighted by molar-refractivity contribution is 6.74. The first-order valence-corrected chi connectivity index (χ1v) is 22.5. The third kappa shape index (κ3) is 8.14. The van der Waals surface area contributed by atoms with Crippen molar-refractivity contribution in [3.05, 3.63) is 72.1 Å². The number of aryl methyl sites for hydroxylation is 1. The monoisotopic (exact) mass is 675 g/mol. The van der Waals surface area contributed by atoms with Gasteiger partial charge in [-0.25, -0.2) is 4.98 Å². The quantitative estimate of drug-likeness (QED) is 0.157. The maximum absolute atomic E-state index is 7.04. The number of fused-ring (bicyclic) bond motifs is 1. The van der Waals surface area contributed by atoms with E-state index in [2.05, 4.69) is 92.1 Å². The third-order valence-electron chi connectivity index (χ3n) is 10.1. The summed E-state index contributed by atoms with van der Waals surface area (Å²) in [6, 6.07) is 18.2. The lowest BCUT2D eigenvalue weighted by Gasteiger charge is -2.40. The summed E-state index contributed by atoms with van der Waals surface area (Å²) in [6.07, 6.45) is 1.77. The summed E-state index contributed by atoms with van der Waals surface area (Å²) in [4.78, 5) is 14.5. The van der Waals surface area contributed by atoms with E-state index >= 15 is 0 Å². The lowest BCUT2D eigenvalue weighted by Crippen LogP contribution is -2.48. The zero-order valence-electron chi connectivity index (χ0n) is 30.0. The van der Waals surface area contributed by atoms with Crippen LogP contribution in [-0.4, -0.2) is 55.0 Å². The van der Waals surface area contributed by atoms with Crippen LogP contribution in [0, 0.1) is 6.92 Å². The fourth-order valence-corrected chi connectivity index (χ4v) is 7.33. The number of hydrogen-bond acceptors (Lipinski definition) is 8. The van der Waals surface area contributed by atoms with Crippen LogP contribution in [0.1, 0.15) is 65.3 Å².